The van der Waals surface area contributed by atoms with E-state index < -0.39 is 5.97 Å². The van der Waals surface area contributed by atoms with Crippen molar-refractivity contribution in [2.75, 3.05) is 33.3 Å². The number of nitrogens with one attached hydrogen (secondary N) is 1. The van der Waals surface area contributed by atoms with Crippen molar-refractivity contribution in [3.63, 3.8) is 0 Å². The van der Waals surface area contributed by atoms with Crippen molar-refractivity contribution in [2.45, 2.75) is 0 Å². The molecular weight excluding hydrogens is 248 g/mol. The smallest absolute Gasteiger partial charge is 0.335 e. The van der Waals surface area contributed by atoms with Crippen LogP contribution in [0.3, 0.4) is 0 Å². The predicted molar refractivity (Wildman–Crippen MR) is 68.7 cm³/mol. The number of aromatic carboxylic acids is 1. The molecule has 0 bridgehead atoms. The molecule has 1 aromatic rings. The second kappa shape index (κ2) is 5.71. The number of hydrogen-bond acceptors (Lipinski definition) is 4. The molecule has 1 fully saturated rings. The summed E-state index contributed by atoms with van der Waals surface area (Å²) in [5.41, 5.74) is 0.400. The zero-order valence-corrected chi connectivity index (χ0v) is 10.7. The second-order valence-corrected chi connectivity index (χ2v) is 4.30. The maximum atomic E-state index is 12.3. The number of methoxy groups -OCH3 is 1. The van der Waals surface area contributed by atoms with Crippen LogP contribution in [0.2, 0.25) is 0 Å². The summed E-state index contributed by atoms with van der Waals surface area (Å²) in [5, 5.41) is 12.2. The summed E-state index contributed by atoms with van der Waals surface area (Å²) in [6, 6.07) is 4.35. The van der Waals surface area contributed by atoms with E-state index in [0.29, 0.717) is 24.4 Å². The van der Waals surface area contributed by atoms with Crippen LogP contribution in [-0.2, 0) is 0 Å². The Morgan fingerprint density at radius 2 is 1.84 bits per heavy atom. The molecule has 102 valence electrons. The van der Waals surface area contributed by atoms with Gasteiger partial charge in [-0.25, -0.2) is 4.79 Å². The number of nitrogens with zero attached hydrogens (tertiary/aromatic N) is 1. The highest BCUT2D eigenvalue weighted by Crippen LogP contribution is 2.18. The zero-order chi connectivity index (χ0) is 13.8. The molecule has 0 aliphatic carbocycles. The predicted octanol–water partition coefficient (Wildman–Crippen LogP) is 0.439. The minimum atomic E-state index is -1.08. The van der Waals surface area contributed by atoms with Crippen molar-refractivity contribution in [2.24, 2.45) is 0 Å². The number of benzene rings is 1. The molecule has 0 spiro atoms. The lowest BCUT2D eigenvalue weighted by atomic mass is 10.1. The van der Waals surface area contributed by atoms with Crippen molar-refractivity contribution >= 4 is 11.9 Å². The van der Waals surface area contributed by atoms with E-state index >= 15 is 0 Å². The number of carboxylic acids is 1. The molecule has 1 aliphatic heterocycles. The van der Waals surface area contributed by atoms with Gasteiger partial charge in [-0.3, -0.25) is 4.79 Å². The van der Waals surface area contributed by atoms with Gasteiger partial charge in [0.1, 0.15) is 5.75 Å². The largest absolute Gasteiger partial charge is 0.497 e. The van der Waals surface area contributed by atoms with Crippen LogP contribution in [0.5, 0.6) is 5.75 Å². The minimum absolute atomic E-state index is 0.0536. The Morgan fingerprint density at radius 3 is 2.42 bits per heavy atom. The summed E-state index contributed by atoms with van der Waals surface area (Å²) in [4.78, 5) is 25.0. The standard InChI is InChI=1S/C13H16N2O4/c1-19-11-7-9(6-10(8-11)13(17)18)12(16)15-4-2-14-3-5-15/h6-8,14H,2-5H2,1H3,(H,17,18). The van der Waals surface area contributed by atoms with Crippen molar-refractivity contribution < 1.29 is 19.4 Å². The molecule has 1 heterocycles. The van der Waals surface area contributed by atoms with Gasteiger partial charge >= 0.3 is 5.97 Å². The molecule has 19 heavy (non-hydrogen) atoms. The van der Waals surface area contributed by atoms with Gasteiger partial charge in [-0.1, -0.05) is 0 Å². The van der Waals surface area contributed by atoms with Crippen molar-refractivity contribution in [1.82, 2.24) is 10.2 Å². The number of piperazine rings is 1. The molecule has 0 atom stereocenters. The highest BCUT2D eigenvalue weighted by atomic mass is 16.5. The van der Waals surface area contributed by atoms with E-state index in [-0.39, 0.29) is 11.5 Å². The van der Waals surface area contributed by atoms with Gasteiger partial charge in [0.2, 0.25) is 0 Å². The number of amides is 1. The van der Waals surface area contributed by atoms with E-state index in [1.54, 1.807) is 11.0 Å². The molecule has 0 radical (unpaired) electrons. The first kappa shape index (κ1) is 13.4. The van der Waals surface area contributed by atoms with Crippen molar-refractivity contribution in [1.29, 1.82) is 0 Å². The molecule has 0 saturated carbocycles. The number of ether oxygens (including phenoxy) is 1. The van der Waals surface area contributed by atoms with Crippen LogP contribution in [0.25, 0.3) is 0 Å². The van der Waals surface area contributed by atoms with Crippen LogP contribution in [0, 0.1) is 0 Å². The Balaban J connectivity index is 2.29. The van der Waals surface area contributed by atoms with Gasteiger partial charge in [0, 0.05) is 31.7 Å². The number of carboxylic acid groups (broad SMARTS) is 1. The third-order valence-corrected chi connectivity index (χ3v) is 3.04. The van der Waals surface area contributed by atoms with Gasteiger partial charge in [-0.05, 0) is 18.2 Å². The average molecular weight is 264 g/mol. The van der Waals surface area contributed by atoms with E-state index in [9.17, 15) is 9.59 Å². The van der Waals surface area contributed by atoms with Crippen LogP contribution in [0.1, 0.15) is 20.7 Å². The van der Waals surface area contributed by atoms with Crippen LogP contribution >= 0.6 is 0 Å². The van der Waals surface area contributed by atoms with Crippen LogP contribution in [0.4, 0.5) is 0 Å². The lowest BCUT2D eigenvalue weighted by Crippen LogP contribution is -2.46. The normalized spacial score (nSPS) is 15.1. The highest BCUT2D eigenvalue weighted by Gasteiger charge is 2.20. The number of rotatable bonds is 3. The first-order valence-corrected chi connectivity index (χ1v) is 6.04. The average Bonchev–Trinajstić information content (AvgIpc) is 2.46. The fourth-order valence-electron chi connectivity index (χ4n) is 2.01. The molecule has 0 aromatic heterocycles. The molecule has 1 aromatic carbocycles. The third-order valence-electron chi connectivity index (χ3n) is 3.04. The summed E-state index contributed by atoms with van der Waals surface area (Å²) in [5.74, 6) is -0.866. The monoisotopic (exact) mass is 264 g/mol. The summed E-state index contributed by atoms with van der Waals surface area (Å²) in [6.07, 6.45) is 0. The van der Waals surface area contributed by atoms with Crippen LogP contribution in [-0.4, -0.2) is 55.2 Å². The first-order valence-electron chi connectivity index (χ1n) is 6.04. The maximum absolute atomic E-state index is 12.3. The Kier molecular flexibility index (Phi) is 4.01. The number of hydrogen-bond donors (Lipinski definition) is 2. The summed E-state index contributed by atoms with van der Waals surface area (Å²) >= 11 is 0. The minimum Gasteiger partial charge on any atom is -0.497 e. The van der Waals surface area contributed by atoms with E-state index in [4.69, 9.17) is 9.84 Å². The van der Waals surface area contributed by atoms with Crippen LogP contribution in [0.15, 0.2) is 18.2 Å². The summed E-state index contributed by atoms with van der Waals surface area (Å²) in [7, 11) is 1.44. The molecule has 6 heteroatoms. The SMILES string of the molecule is COc1cc(C(=O)O)cc(C(=O)N2CCNCC2)c1. The Hall–Kier alpha value is -2.08. The van der Waals surface area contributed by atoms with Gasteiger partial charge in [0.15, 0.2) is 0 Å². The number of carbonyl (C=O) groups is 2. The van der Waals surface area contributed by atoms with Gasteiger partial charge < -0.3 is 20.1 Å². The maximum Gasteiger partial charge on any atom is 0.335 e. The molecule has 6 nitrogen and oxygen atoms in total. The topological polar surface area (TPSA) is 78.9 Å². The fourth-order valence-corrected chi connectivity index (χ4v) is 2.01. The summed E-state index contributed by atoms with van der Waals surface area (Å²) in [6.45, 7) is 2.75. The first-order chi connectivity index (χ1) is 9.11. The highest BCUT2D eigenvalue weighted by molar-refractivity contribution is 5.98. The molecule has 1 aliphatic rings. The lowest BCUT2D eigenvalue weighted by Gasteiger charge is -2.27. The van der Waals surface area contributed by atoms with Gasteiger partial charge in [-0.15, -0.1) is 0 Å². The fraction of sp³-hybridized carbons (Fsp3) is 0.385. The van der Waals surface area contributed by atoms with E-state index in [1.807, 2.05) is 0 Å². The van der Waals surface area contributed by atoms with Crippen molar-refractivity contribution in [3.05, 3.63) is 29.3 Å². The quantitative estimate of drug-likeness (QED) is 0.828. The molecular formula is C13H16N2O4. The second-order valence-electron chi connectivity index (χ2n) is 4.30. The molecule has 1 saturated heterocycles. The lowest BCUT2D eigenvalue weighted by molar-refractivity contribution is 0.0696. The van der Waals surface area contributed by atoms with Crippen LogP contribution < -0.4 is 10.1 Å². The van der Waals surface area contributed by atoms with E-state index in [1.165, 1.54) is 19.2 Å². The third kappa shape index (κ3) is 3.03. The summed E-state index contributed by atoms with van der Waals surface area (Å²) < 4.78 is 5.04. The Labute approximate surface area is 111 Å². The van der Waals surface area contributed by atoms with Gasteiger partial charge in [-0.2, -0.15) is 0 Å². The molecule has 2 rings (SSSR count). The molecule has 1 amide bonds. The molecule has 2 N–H and O–H groups in total. The Morgan fingerprint density at radius 1 is 1.21 bits per heavy atom. The molecule has 0 unspecified atom stereocenters. The number of carbonyl (C=O) groups excluding carboxylic acids is 1. The van der Waals surface area contributed by atoms with E-state index in [2.05, 4.69) is 5.32 Å². The van der Waals surface area contributed by atoms with E-state index in [0.717, 1.165) is 13.1 Å². The zero-order valence-electron chi connectivity index (χ0n) is 10.7. The van der Waals surface area contributed by atoms with Gasteiger partial charge in [0.25, 0.3) is 5.91 Å². The van der Waals surface area contributed by atoms with Crippen molar-refractivity contribution in [3.8, 4) is 5.75 Å². The Bertz CT molecular complexity index is 495. The van der Waals surface area contributed by atoms with Gasteiger partial charge in [0.05, 0.1) is 12.7 Å².